The molecule has 21 heavy (non-hydrogen) atoms. The normalized spacial score (nSPS) is 11.8. The second kappa shape index (κ2) is 7.38. The van der Waals surface area contributed by atoms with Crippen molar-refractivity contribution < 1.29 is 9.53 Å². The van der Waals surface area contributed by atoms with Crippen LogP contribution in [0.25, 0.3) is 0 Å². The van der Waals surface area contributed by atoms with Crippen LogP contribution in [-0.2, 0) is 4.79 Å². The summed E-state index contributed by atoms with van der Waals surface area (Å²) in [6.45, 7) is 1.87. The summed E-state index contributed by atoms with van der Waals surface area (Å²) in [6.07, 6.45) is 0. The number of rotatable bonds is 5. The Kier molecular flexibility index (Phi) is 5.53. The molecule has 2 aromatic carbocycles. The fourth-order valence-electron chi connectivity index (χ4n) is 1.72. The number of anilines is 1. The van der Waals surface area contributed by atoms with Crippen LogP contribution in [0.1, 0.15) is 6.92 Å². The third-order valence-electron chi connectivity index (χ3n) is 2.83. The standard InChI is InChI=1S/C16H16ClNO2S/c1-11(21-15-8-6-14(20-2)7-9-15)16(19)18-13-5-3-4-12(17)10-13/h3-11H,1-2H3,(H,18,19). The average Bonchev–Trinajstić information content (AvgIpc) is 2.48. The first kappa shape index (κ1) is 15.7. The lowest BCUT2D eigenvalue weighted by Gasteiger charge is -2.12. The predicted molar refractivity (Wildman–Crippen MR) is 88.4 cm³/mol. The molecule has 0 aliphatic rings. The van der Waals surface area contributed by atoms with E-state index < -0.39 is 0 Å². The van der Waals surface area contributed by atoms with Crippen molar-refractivity contribution >= 4 is 35.0 Å². The summed E-state index contributed by atoms with van der Waals surface area (Å²) in [5.41, 5.74) is 0.703. The number of amides is 1. The van der Waals surface area contributed by atoms with E-state index >= 15 is 0 Å². The van der Waals surface area contributed by atoms with Gasteiger partial charge in [-0.15, -0.1) is 11.8 Å². The highest BCUT2D eigenvalue weighted by Crippen LogP contribution is 2.26. The van der Waals surface area contributed by atoms with Crippen LogP contribution in [0.3, 0.4) is 0 Å². The molecular formula is C16H16ClNO2S. The summed E-state index contributed by atoms with van der Waals surface area (Å²) in [5.74, 6) is 0.744. The van der Waals surface area contributed by atoms with Crippen molar-refractivity contribution in [1.29, 1.82) is 0 Å². The first-order valence-corrected chi connectivity index (χ1v) is 7.71. The Morgan fingerprint density at radius 3 is 2.57 bits per heavy atom. The van der Waals surface area contributed by atoms with Crippen molar-refractivity contribution in [2.75, 3.05) is 12.4 Å². The molecule has 1 amide bonds. The van der Waals surface area contributed by atoms with Gasteiger partial charge in [0.25, 0.3) is 0 Å². The molecule has 110 valence electrons. The van der Waals surface area contributed by atoms with Crippen molar-refractivity contribution in [2.24, 2.45) is 0 Å². The minimum absolute atomic E-state index is 0.0573. The van der Waals surface area contributed by atoms with E-state index in [1.807, 2.05) is 37.3 Å². The number of nitrogens with one attached hydrogen (secondary N) is 1. The highest BCUT2D eigenvalue weighted by atomic mass is 35.5. The van der Waals surface area contributed by atoms with E-state index in [2.05, 4.69) is 5.32 Å². The van der Waals surface area contributed by atoms with Crippen molar-refractivity contribution in [1.82, 2.24) is 0 Å². The molecule has 1 atom stereocenters. The molecule has 0 aliphatic carbocycles. The van der Waals surface area contributed by atoms with Crippen molar-refractivity contribution in [3.63, 3.8) is 0 Å². The summed E-state index contributed by atoms with van der Waals surface area (Å²) in [7, 11) is 1.63. The lowest BCUT2D eigenvalue weighted by atomic mass is 10.3. The van der Waals surface area contributed by atoms with Gasteiger partial charge < -0.3 is 10.1 Å². The number of carbonyl (C=O) groups excluding carboxylic acids is 1. The van der Waals surface area contributed by atoms with Crippen LogP contribution in [0, 0.1) is 0 Å². The molecule has 2 rings (SSSR count). The van der Waals surface area contributed by atoms with E-state index in [1.54, 1.807) is 25.3 Å². The summed E-state index contributed by atoms with van der Waals surface area (Å²) >= 11 is 7.39. The largest absolute Gasteiger partial charge is 0.497 e. The molecule has 1 N–H and O–H groups in total. The molecule has 0 saturated carbocycles. The average molecular weight is 322 g/mol. The summed E-state index contributed by atoms with van der Waals surface area (Å²) < 4.78 is 5.11. The van der Waals surface area contributed by atoms with Crippen molar-refractivity contribution in [2.45, 2.75) is 17.1 Å². The monoisotopic (exact) mass is 321 g/mol. The Labute approximate surface area is 133 Å². The van der Waals surface area contributed by atoms with Gasteiger partial charge in [-0.05, 0) is 49.4 Å². The second-order valence-corrected chi connectivity index (χ2v) is 6.29. The first-order chi connectivity index (χ1) is 10.1. The Balaban J connectivity index is 1.95. The van der Waals surface area contributed by atoms with E-state index in [4.69, 9.17) is 16.3 Å². The van der Waals surface area contributed by atoms with Gasteiger partial charge in [0.1, 0.15) is 5.75 Å². The Hall–Kier alpha value is -1.65. The molecule has 0 bridgehead atoms. The molecule has 0 heterocycles. The van der Waals surface area contributed by atoms with Gasteiger partial charge in [0.05, 0.1) is 12.4 Å². The smallest absolute Gasteiger partial charge is 0.237 e. The Bertz CT molecular complexity index is 616. The minimum Gasteiger partial charge on any atom is -0.497 e. The van der Waals surface area contributed by atoms with E-state index in [1.165, 1.54) is 11.8 Å². The van der Waals surface area contributed by atoms with Gasteiger partial charge in [-0.1, -0.05) is 17.7 Å². The fourth-order valence-corrected chi connectivity index (χ4v) is 2.78. The molecular weight excluding hydrogens is 306 g/mol. The lowest BCUT2D eigenvalue weighted by Crippen LogP contribution is -2.22. The van der Waals surface area contributed by atoms with Crippen molar-refractivity contribution in [3.05, 3.63) is 53.6 Å². The van der Waals surface area contributed by atoms with Crippen molar-refractivity contribution in [3.8, 4) is 5.75 Å². The van der Waals surface area contributed by atoms with E-state index in [9.17, 15) is 4.79 Å². The second-order valence-electron chi connectivity index (χ2n) is 4.44. The number of ether oxygens (including phenoxy) is 1. The third-order valence-corrected chi connectivity index (χ3v) is 4.18. The highest BCUT2D eigenvalue weighted by molar-refractivity contribution is 8.00. The number of halogens is 1. The minimum atomic E-state index is -0.211. The third kappa shape index (κ3) is 4.69. The van der Waals surface area contributed by atoms with Crippen LogP contribution in [0.4, 0.5) is 5.69 Å². The summed E-state index contributed by atoms with van der Waals surface area (Å²) in [4.78, 5) is 13.2. The van der Waals surface area contributed by atoms with Gasteiger partial charge in [-0.25, -0.2) is 0 Å². The number of hydrogen-bond donors (Lipinski definition) is 1. The van der Waals surface area contributed by atoms with Gasteiger partial charge in [-0.3, -0.25) is 4.79 Å². The van der Waals surface area contributed by atoms with Gasteiger partial charge in [0.2, 0.25) is 5.91 Å². The molecule has 1 unspecified atom stereocenters. The zero-order chi connectivity index (χ0) is 15.2. The quantitative estimate of drug-likeness (QED) is 0.826. The van der Waals surface area contributed by atoms with Gasteiger partial charge in [0, 0.05) is 15.6 Å². The first-order valence-electron chi connectivity index (χ1n) is 6.45. The van der Waals surface area contributed by atoms with Crippen LogP contribution < -0.4 is 10.1 Å². The number of benzene rings is 2. The van der Waals surface area contributed by atoms with E-state index in [0.29, 0.717) is 10.7 Å². The molecule has 0 aliphatic heterocycles. The molecule has 0 aromatic heterocycles. The molecule has 0 radical (unpaired) electrons. The van der Waals surface area contributed by atoms with Crippen LogP contribution in [-0.4, -0.2) is 18.3 Å². The fraction of sp³-hybridized carbons (Fsp3) is 0.188. The van der Waals surface area contributed by atoms with Crippen LogP contribution in [0.15, 0.2) is 53.4 Å². The molecule has 0 spiro atoms. The van der Waals surface area contributed by atoms with E-state index in [-0.39, 0.29) is 11.2 Å². The van der Waals surface area contributed by atoms with Crippen LogP contribution in [0.2, 0.25) is 5.02 Å². The van der Waals surface area contributed by atoms with E-state index in [0.717, 1.165) is 10.6 Å². The van der Waals surface area contributed by atoms with Gasteiger partial charge in [0.15, 0.2) is 0 Å². The highest BCUT2D eigenvalue weighted by Gasteiger charge is 2.14. The maximum absolute atomic E-state index is 12.2. The zero-order valence-corrected chi connectivity index (χ0v) is 13.4. The molecule has 2 aromatic rings. The molecule has 5 heteroatoms. The number of thioether (sulfide) groups is 1. The Morgan fingerprint density at radius 2 is 1.95 bits per heavy atom. The van der Waals surface area contributed by atoms with Gasteiger partial charge in [-0.2, -0.15) is 0 Å². The topological polar surface area (TPSA) is 38.3 Å². The lowest BCUT2D eigenvalue weighted by molar-refractivity contribution is -0.115. The summed E-state index contributed by atoms with van der Waals surface area (Å²) in [6, 6.07) is 14.7. The Morgan fingerprint density at radius 1 is 1.24 bits per heavy atom. The predicted octanol–water partition coefficient (Wildman–Crippen LogP) is 4.47. The van der Waals surface area contributed by atoms with Crippen LogP contribution in [0.5, 0.6) is 5.75 Å². The zero-order valence-electron chi connectivity index (χ0n) is 11.8. The summed E-state index contributed by atoms with van der Waals surface area (Å²) in [5, 5.41) is 3.25. The molecule has 0 fully saturated rings. The molecule has 0 saturated heterocycles. The van der Waals surface area contributed by atoms with Crippen LogP contribution >= 0.6 is 23.4 Å². The number of carbonyl (C=O) groups is 1. The number of hydrogen-bond acceptors (Lipinski definition) is 3. The number of methoxy groups -OCH3 is 1. The maximum Gasteiger partial charge on any atom is 0.237 e. The maximum atomic E-state index is 12.2. The SMILES string of the molecule is COc1ccc(SC(C)C(=O)Nc2cccc(Cl)c2)cc1. The van der Waals surface area contributed by atoms with Gasteiger partial charge >= 0.3 is 0 Å². The molecule has 3 nitrogen and oxygen atoms in total.